The van der Waals surface area contributed by atoms with Crippen LogP contribution in [-0.2, 0) is 14.3 Å². The van der Waals surface area contributed by atoms with Gasteiger partial charge in [0, 0.05) is 19.8 Å². The van der Waals surface area contributed by atoms with Gasteiger partial charge in [0.15, 0.2) is 0 Å². The Morgan fingerprint density at radius 2 is 1.95 bits per heavy atom. The number of rotatable bonds is 6. The quantitative estimate of drug-likeness (QED) is 0.495. The van der Waals surface area contributed by atoms with Gasteiger partial charge in [0.25, 0.3) is 0 Å². The molecule has 8 nitrogen and oxygen atoms in total. The first-order chi connectivity index (χ1) is 8.99. The van der Waals surface area contributed by atoms with Crippen molar-refractivity contribution in [1.82, 2.24) is 10.6 Å². The lowest BCUT2D eigenvalue weighted by Crippen LogP contribution is -2.48. The average molecular weight is 273 g/mol. The molecule has 3 amide bonds. The van der Waals surface area contributed by atoms with Gasteiger partial charge in [0.1, 0.15) is 6.04 Å². The molecule has 1 atom stereocenters. The summed E-state index contributed by atoms with van der Waals surface area (Å²) < 4.78 is 5.19. The number of carbonyl (C=O) groups is 3. The first kappa shape index (κ1) is 15.2. The molecule has 0 aromatic rings. The van der Waals surface area contributed by atoms with Crippen LogP contribution in [0.25, 0.3) is 0 Å². The SMILES string of the molecule is NC(=O)C[C@H](NC(=O)NCC1CCOCC1)C(=O)O. The number of nitrogens with two attached hydrogens (primary N) is 1. The number of aliphatic carboxylic acids is 1. The van der Waals surface area contributed by atoms with E-state index in [-0.39, 0.29) is 0 Å². The van der Waals surface area contributed by atoms with E-state index in [2.05, 4.69) is 10.6 Å². The number of hydrogen-bond acceptors (Lipinski definition) is 4. The van der Waals surface area contributed by atoms with E-state index in [1.54, 1.807) is 0 Å². The van der Waals surface area contributed by atoms with Crippen molar-refractivity contribution in [3.8, 4) is 0 Å². The van der Waals surface area contributed by atoms with Gasteiger partial charge >= 0.3 is 12.0 Å². The van der Waals surface area contributed by atoms with Gasteiger partial charge in [-0.3, -0.25) is 4.79 Å². The van der Waals surface area contributed by atoms with Crippen molar-refractivity contribution in [1.29, 1.82) is 0 Å². The number of amides is 3. The van der Waals surface area contributed by atoms with Crippen molar-refractivity contribution in [2.75, 3.05) is 19.8 Å². The van der Waals surface area contributed by atoms with Gasteiger partial charge in [-0.05, 0) is 18.8 Å². The van der Waals surface area contributed by atoms with Crippen LogP contribution in [0.1, 0.15) is 19.3 Å². The lowest BCUT2D eigenvalue weighted by Gasteiger charge is -2.22. The van der Waals surface area contributed by atoms with E-state index in [1.165, 1.54) is 0 Å². The Bertz CT molecular complexity index is 341. The Kier molecular flexibility index (Phi) is 6.07. The van der Waals surface area contributed by atoms with E-state index >= 15 is 0 Å². The second-order valence-electron chi connectivity index (χ2n) is 4.47. The summed E-state index contributed by atoms with van der Waals surface area (Å²) in [6, 6.07) is -1.91. The Balaban J connectivity index is 2.31. The normalized spacial score (nSPS) is 17.5. The molecule has 0 unspecified atom stereocenters. The lowest BCUT2D eigenvalue weighted by atomic mass is 10.0. The molecule has 0 radical (unpaired) electrons. The molecule has 1 heterocycles. The zero-order valence-corrected chi connectivity index (χ0v) is 10.6. The summed E-state index contributed by atoms with van der Waals surface area (Å²) in [4.78, 5) is 33.0. The molecule has 0 spiro atoms. The molecule has 108 valence electrons. The standard InChI is InChI=1S/C11H19N3O5/c12-9(15)5-8(10(16)17)14-11(18)13-6-7-1-3-19-4-2-7/h7-8H,1-6H2,(H2,12,15)(H,16,17)(H2,13,14,18)/t8-/m0/s1. The Hall–Kier alpha value is -1.83. The smallest absolute Gasteiger partial charge is 0.326 e. The highest BCUT2D eigenvalue weighted by molar-refractivity contribution is 5.87. The first-order valence-electron chi connectivity index (χ1n) is 6.12. The van der Waals surface area contributed by atoms with Crippen molar-refractivity contribution >= 4 is 17.9 Å². The molecule has 0 saturated carbocycles. The minimum absolute atomic E-state index is 0.332. The number of nitrogens with one attached hydrogen (secondary N) is 2. The van der Waals surface area contributed by atoms with E-state index in [4.69, 9.17) is 15.6 Å². The largest absolute Gasteiger partial charge is 0.480 e. The fourth-order valence-corrected chi connectivity index (χ4v) is 1.80. The van der Waals surface area contributed by atoms with E-state index in [9.17, 15) is 14.4 Å². The number of primary amides is 1. The van der Waals surface area contributed by atoms with Gasteiger partial charge in [0.2, 0.25) is 5.91 Å². The van der Waals surface area contributed by atoms with Crippen molar-refractivity contribution < 1.29 is 24.2 Å². The Labute approximate surface area is 110 Å². The van der Waals surface area contributed by atoms with Crippen LogP contribution in [-0.4, -0.2) is 48.8 Å². The average Bonchev–Trinajstić information content (AvgIpc) is 2.36. The first-order valence-corrected chi connectivity index (χ1v) is 6.12. The number of carbonyl (C=O) groups excluding carboxylic acids is 2. The molecule has 0 aliphatic carbocycles. The third-order valence-corrected chi connectivity index (χ3v) is 2.90. The third kappa shape index (κ3) is 6.05. The second-order valence-corrected chi connectivity index (χ2v) is 4.47. The van der Waals surface area contributed by atoms with E-state index in [1.807, 2.05) is 0 Å². The summed E-state index contributed by atoms with van der Waals surface area (Å²) in [7, 11) is 0. The van der Waals surface area contributed by atoms with E-state index in [0.717, 1.165) is 12.8 Å². The van der Waals surface area contributed by atoms with Crippen molar-refractivity contribution in [2.45, 2.75) is 25.3 Å². The molecule has 1 aliphatic heterocycles. The van der Waals surface area contributed by atoms with Crippen LogP contribution in [0.15, 0.2) is 0 Å². The maximum Gasteiger partial charge on any atom is 0.326 e. The molecule has 1 saturated heterocycles. The Morgan fingerprint density at radius 1 is 1.32 bits per heavy atom. The molecule has 8 heteroatoms. The molecule has 1 rings (SSSR count). The van der Waals surface area contributed by atoms with Crippen molar-refractivity contribution in [3.63, 3.8) is 0 Å². The minimum Gasteiger partial charge on any atom is -0.480 e. The van der Waals surface area contributed by atoms with Crippen LogP contribution in [0.4, 0.5) is 4.79 Å². The van der Waals surface area contributed by atoms with Crippen LogP contribution in [0.2, 0.25) is 0 Å². The van der Waals surface area contributed by atoms with Crippen LogP contribution >= 0.6 is 0 Å². The van der Waals surface area contributed by atoms with Crippen LogP contribution in [0.3, 0.4) is 0 Å². The number of urea groups is 1. The summed E-state index contributed by atoms with van der Waals surface area (Å²) >= 11 is 0. The third-order valence-electron chi connectivity index (χ3n) is 2.90. The molecule has 19 heavy (non-hydrogen) atoms. The van der Waals surface area contributed by atoms with Gasteiger partial charge in [-0.15, -0.1) is 0 Å². The highest BCUT2D eigenvalue weighted by atomic mass is 16.5. The lowest BCUT2D eigenvalue weighted by molar-refractivity contribution is -0.140. The van der Waals surface area contributed by atoms with Crippen LogP contribution < -0.4 is 16.4 Å². The number of carboxylic acid groups (broad SMARTS) is 1. The zero-order chi connectivity index (χ0) is 14.3. The summed E-state index contributed by atoms with van der Waals surface area (Å²) in [6.45, 7) is 1.80. The summed E-state index contributed by atoms with van der Waals surface area (Å²) in [5, 5.41) is 13.6. The van der Waals surface area contributed by atoms with Gasteiger partial charge in [0.05, 0.1) is 6.42 Å². The maximum atomic E-state index is 11.5. The predicted octanol–water partition coefficient (Wildman–Crippen LogP) is -0.959. The maximum absolute atomic E-state index is 11.5. The van der Waals surface area contributed by atoms with Crippen LogP contribution in [0, 0.1) is 5.92 Å². The van der Waals surface area contributed by atoms with Gasteiger partial charge in [-0.1, -0.05) is 0 Å². The minimum atomic E-state index is -1.30. The number of hydrogen-bond donors (Lipinski definition) is 4. The molecule has 1 aliphatic rings. The van der Waals surface area contributed by atoms with E-state index in [0.29, 0.717) is 25.7 Å². The molecule has 1 fully saturated rings. The zero-order valence-electron chi connectivity index (χ0n) is 10.6. The fraction of sp³-hybridized carbons (Fsp3) is 0.727. The van der Waals surface area contributed by atoms with Gasteiger partial charge < -0.3 is 26.2 Å². The molecule has 0 bridgehead atoms. The molecular formula is C11H19N3O5. The predicted molar refractivity (Wildman–Crippen MR) is 65.3 cm³/mol. The van der Waals surface area contributed by atoms with Gasteiger partial charge in [-0.25, -0.2) is 9.59 Å². The molecule has 5 N–H and O–H groups in total. The summed E-state index contributed by atoms with van der Waals surface area (Å²) in [5.74, 6) is -1.74. The fourth-order valence-electron chi connectivity index (χ4n) is 1.80. The second kappa shape index (κ2) is 7.57. The monoisotopic (exact) mass is 273 g/mol. The van der Waals surface area contributed by atoms with Gasteiger partial charge in [-0.2, -0.15) is 0 Å². The highest BCUT2D eigenvalue weighted by Gasteiger charge is 2.22. The Morgan fingerprint density at radius 3 is 2.47 bits per heavy atom. The summed E-state index contributed by atoms with van der Waals surface area (Å²) in [5.41, 5.74) is 4.91. The molecule has 0 aromatic heterocycles. The molecular weight excluding hydrogens is 254 g/mol. The van der Waals surface area contributed by atoms with Crippen LogP contribution in [0.5, 0.6) is 0 Å². The van der Waals surface area contributed by atoms with Crippen molar-refractivity contribution in [2.24, 2.45) is 11.7 Å². The van der Waals surface area contributed by atoms with Crippen molar-refractivity contribution in [3.05, 3.63) is 0 Å². The highest BCUT2D eigenvalue weighted by Crippen LogP contribution is 2.12. The van der Waals surface area contributed by atoms with E-state index < -0.39 is 30.4 Å². The number of carboxylic acids is 1. The number of ether oxygens (including phenoxy) is 1. The molecule has 0 aromatic carbocycles. The summed E-state index contributed by atoms with van der Waals surface area (Å²) in [6.07, 6.45) is 1.30. The topological polar surface area (TPSA) is 131 Å².